The summed E-state index contributed by atoms with van der Waals surface area (Å²) in [4.78, 5) is -0.152. The molecule has 0 radical (unpaired) electrons. The van der Waals surface area contributed by atoms with Crippen LogP contribution in [0.5, 0.6) is 0 Å². The third kappa shape index (κ3) is 3.77. The van der Waals surface area contributed by atoms with E-state index in [4.69, 9.17) is 22.5 Å². The fourth-order valence-electron chi connectivity index (χ4n) is 1.83. The Bertz CT molecular complexity index is 908. The van der Waals surface area contributed by atoms with Crippen LogP contribution in [0.4, 0.5) is 5.69 Å². The highest BCUT2D eigenvalue weighted by molar-refractivity contribution is 7.90. The van der Waals surface area contributed by atoms with Crippen LogP contribution in [-0.4, -0.2) is 16.8 Å². The molecule has 0 fully saturated rings. The van der Waals surface area contributed by atoms with E-state index in [0.717, 1.165) is 0 Å². The van der Waals surface area contributed by atoms with Gasteiger partial charge in [0.15, 0.2) is 9.84 Å². The molecule has 0 saturated heterocycles. The molecular formula is C13H13ClN2O4S2. The van der Waals surface area contributed by atoms with Gasteiger partial charge in [-0.15, -0.1) is 0 Å². The maximum absolute atomic E-state index is 12.4. The standard InChI is InChI=1S/C13H13ClN2O4S2/c14-12-6-3-10(15)7-13(12)21(17,18)8-9-1-4-11(5-2-9)22(16,19)20/h1-7H,8,15H2,(H2,16,19,20). The van der Waals surface area contributed by atoms with Gasteiger partial charge in [0.25, 0.3) is 0 Å². The number of primary sulfonamides is 1. The summed E-state index contributed by atoms with van der Waals surface area (Å²) >= 11 is 5.90. The van der Waals surface area contributed by atoms with Crippen LogP contribution < -0.4 is 10.9 Å². The van der Waals surface area contributed by atoms with Crippen molar-refractivity contribution in [3.63, 3.8) is 0 Å². The van der Waals surface area contributed by atoms with Crippen molar-refractivity contribution in [3.8, 4) is 0 Å². The number of hydrogen-bond donors (Lipinski definition) is 2. The predicted molar refractivity (Wildman–Crippen MR) is 84.6 cm³/mol. The fourth-order valence-corrected chi connectivity index (χ4v) is 4.28. The third-order valence-electron chi connectivity index (χ3n) is 2.90. The molecule has 0 aromatic heterocycles. The van der Waals surface area contributed by atoms with Gasteiger partial charge in [0, 0.05) is 5.69 Å². The second kappa shape index (κ2) is 5.88. The van der Waals surface area contributed by atoms with Gasteiger partial charge in [-0.2, -0.15) is 0 Å². The summed E-state index contributed by atoms with van der Waals surface area (Å²) < 4.78 is 47.1. The smallest absolute Gasteiger partial charge is 0.238 e. The SMILES string of the molecule is Nc1ccc(Cl)c(S(=O)(=O)Cc2ccc(S(N)(=O)=O)cc2)c1. The maximum atomic E-state index is 12.4. The van der Waals surface area contributed by atoms with Gasteiger partial charge in [-0.05, 0) is 35.9 Å². The molecule has 2 aromatic carbocycles. The molecular weight excluding hydrogens is 348 g/mol. The topological polar surface area (TPSA) is 120 Å². The summed E-state index contributed by atoms with van der Waals surface area (Å²) in [5, 5.41) is 5.06. The van der Waals surface area contributed by atoms with Crippen molar-refractivity contribution in [1.82, 2.24) is 0 Å². The molecule has 0 aliphatic carbocycles. The van der Waals surface area contributed by atoms with Crippen molar-refractivity contribution < 1.29 is 16.8 Å². The van der Waals surface area contributed by atoms with Crippen molar-refractivity contribution >= 4 is 37.1 Å². The number of nitrogens with two attached hydrogens (primary N) is 2. The molecule has 4 N–H and O–H groups in total. The lowest BCUT2D eigenvalue weighted by atomic mass is 10.2. The van der Waals surface area contributed by atoms with Crippen LogP contribution in [0.1, 0.15) is 5.56 Å². The Labute approximate surface area is 133 Å². The molecule has 0 aliphatic heterocycles. The first-order valence-corrected chi connectivity index (χ1v) is 9.57. The fraction of sp³-hybridized carbons (Fsp3) is 0.0769. The van der Waals surface area contributed by atoms with Crippen molar-refractivity contribution in [2.75, 3.05) is 5.73 Å². The quantitative estimate of drug-likeness (QED) is 0.801. The second-order valence-corrected chi connectivity index (χ2v) is 8.56. The molecule has 2 rings (SSSR count). The summed E-state index contributed by atoms with van der Waals surface area (Å²) in [5.74, 6) is -0.332. The number of rotatable bonds is 4. The van der Waals surface area contributed by atoms with E-state index in [9.17, 15) is 16.8 Å². The van der Waals surface area contributed by atoms with Gasteiger partial charge in [-0.3, -0.25) is 0 Å². The molecule has 22 heavy (non-hydrogen) atoms. The zero-order valence-electron chi connectivity index (χ0n) is 11.2. The van der Waals surface area contributed by atoms with Crippen LogP contribution in [0.2, 0.25) is 5.02 Å². The summed E-state index contributed by atoms with van der Waals surface area (Å²) in [6.07, 6.45) is 0. The molecule has 118 valence electrons. The average molecular weight is 361 g/mol. The van der Waals surface area contributed by atoms with Crippen molar-refractivity contribution in [3.05, 3.63) is 53.1 Å². The van der Waals surface area contributed by atoms with Gasteiger partial charge in [-0.1, -0.05) is 23.7 Å². The van der Waals surface area contributed by atoms with E-state index in [2.05, 4.69) is 0 Å². The molecule has 0 atom stereocenters. The van der Waals surface area contributed by atoms with E-state index in [1.807, 2.05) is 0 Å². The number of nitrogen functional groups attached to an aromatic ring is 1. The summed E-state index contributed by atoms with van der Waals surface area (Å²) in [5.41, 5.74) is 6.27. The Kier molecular flexibility index (Phi) is 4.48. The van der Waals surface area contributed by atoms with Gasteiger partial charge >= 0.3 is 0 Å². The molecule has 0 unspecified atom stereocenters. The van der Waals surface area contributed by atoms with E-state index < -0.39 is 19.9 Å². The van der Waals surface area contributed by atoms with Gasteiger partial charge < -0.3 is 5.73 Å². The molecule has 0 bridgehead atoms. The predicted octanol–water partition coefficient (Wildman–Crippen LogP) is 1.54. The molecule has 0 spiro atoms. The Balaban J connectivity index is 2.35. The highest BCUT2D eigenvalue weighted by atomic mass is 35.5. The molecule has 0 heterocycles. The minimum atomic E-state index is -3.81. The van der Waals surface area contributed by atoms with E-state index in [1.165, 1.54) is 42.5 Å². The Morgan fingerprint density at radius 1 is 0.955 bits per heavy atom. The number of benzene rings is 2. The first-order chi connectivity index (χ1) is 10.1. The lowest BCUT2D eigenvalue weighted by Crippen LogP contribution is -2.12. The molecule has 0 saturated carbocycles. The van der Waals surface area contributed by atoms with Crippen molar-refractivity contribution in [2.24, 2.45) is 5.14 Å². The van der Waals surface area contributed by atoms with Crippen LogP contribution in [0, 0.1) is 0 Å². The van der Waals surface area contributed by atoms with Crippen molar-refractivity contribution in [2.45, 2.75) is 15.5 Å². The Morgan fingerprint density at radius 2 is 1.55 bits per heavy atom. The van der Waals surface area contributed by atoms with Gasteiger partial charge in [-0.25, -0.2) is 22.0 Å². The number of anilines is 1. The molecule has 0 amide bonds. The third-order valence-corrected chi connectivity index (χ3v) is 5.99. The van der Waals surface area contributed by atoms with Gasteiger partial charge in [0.05, 0.1) is 20.6 Å². The van der Waals surface area contributed by atoms with E-state index in [0.29, 0.717) is 5.56 Å². The minimum absolute atomic E-state index is 0.0651. The largest absolute Gasteiger partial charge is 0.399 e. The van der Waals surface area contributed by atoms with Crippen molar-refractivity contribution in [1.29, 1.82) is 0 Å². The number of sulfonamides is 1. The summed E-state index contributed by atoms with van der Waals surface area (Å²) in [6.45, 7) is 0. The zero-order valence-corrected chi connectivity index (χ0v) is 13.6. The number of halogens is 1. The average Bonchev–Trinajstić information content (AvgIpc) is 2.40. The second-order valence-electron chi connectivity index (χ2n) is 4.64. The normalized spacial score (nSPS) is 12.3. The van der Waals surface area contributed by atoms with Gasteiger partial charge in [0.2, 0.25) is 10.0 Å². The summed E-state index contributed by atoms with van der Waals surface area (Å²) in [7, 11) is -7.52. The number of sulfone groups is 1. The zero-order chi connectivity index (χ0) is 16.5. The highest BCUT2D eigenvalue weighted by Crippen LogP contribution is 2.27. The number of hydrogen-bond acceptors (Lipinski definition) is 5. The first kappa shape index (κ1) is 16.8. The Hall–Kier alpha value is -1.61. The Morgan fingerprint density at radius 3 is 2.09 bits per heavy atom. The summed E-state index contributed by atoms with van der Waals surface area (Å²) in [6, 6.07) is 9.48. The first-order valence-electron chi connectivity index (χ1n) is 5.99. The molecule has 9 heteroatoms. The van der Waals surface area contributed by atoms with E-state index >= 15 is 0 Å². The van der Waals surface area contributed by atoms with Gasteiger partial charge in [0.1, 0.15) is 0 Å². The molecule has 0 aliphatic rings. The molecule has 2 aromatic rings. The van der Waals surface area contributed by atoms with Crippen LogP contribution in [0.25, 0.3) is 0 Å². The van der Waals surface area contributed by atoms with Crippen LogP contribution in [-0.2, 0) is 25.6 Å². The van der Waals surface area contributed by atoms with Crippen LogP contribution >= 0.6 is 11.6 Å². The maximum Gasteiger partial charge on any atom is 0.238 e. The van der Waals surface area contributed by atoms with E-state index in [1.54, 1.807) is 0 Å². The van der Waals surface area contributed by atoms with E-state index in [-0.39, 0.29) is 26.3 Å². The lowest BCUT2D eigenvalue weighted by Gasteiger charge is -2.08. The lowest BCUT2D eigenvalue weighted by molar-refractivity contribution is 0.595. The molecule has 6 nitrogen and oxygen atoms in total. The monoisotopic (exact) mass is 360 g/mol. The van der Waals surface area contributed by atoms with Crippen LogP contribution in [0.3, 0.4) is 0 Å². The highest BCUT2D eigenvalue weighted by Gasteiger charge is 2.19. The van der Waals surface area contributed by atoms with Crippen LogP contribution in [0.15, 0.2) is 52.3 Å². The minimum Gasteiger partial charge on any atom is -0.399 e.